The highest BCUT2D eigenvalue weighted by Crippen LogP contribution is 2.20. The Bertz CT molecular complexity index is 746. The van der Waals surface area contributed by atoms with Crippen LogP contribution in [0.15, 0.2) is 71.5 Å². The summed E-state index contributed by atoms with van der Waals surface area (Å²) in [6.07, 6.45) is 1.55. The van der Waals surface area contributed by atoms with E-state index in [0.29, 0.717) is 0 Å². The summed E-state index contributed by atoms with van der Waals surface area (Å²) in [5.41, 5.74) is 2.18. The number of nitrogens with one attached hydrogen (secondary N) is 2. The SMILES string of the molecule is Brc1cccc(Nc2cc(NCc3ccccc3)ncn2)c1. The van der Waals surface area contributed by atoms with Gasteiger partial charge < -0.3 is 10.6 Å². The molecule has 0 saturated heterocycles. The highest BCUT2D eigenvalue weighted by atomic mass is 79.9. The van der Waals surface area contributed by atoms with Gasteiger partial charge >= 0.3 is 0 Å². The first kappa shape index (κ1) is 14.5. The maximum absolute atomic E-state index is 4.24. The van der Waals surface area contributed by atoms with Gasteiger partial charge in [0.2, 0.25) is 0 Å². The third-order valence-electron chi connectivity index (χ3n) is 3.08. The van der Waals surface area contributed by atoms with Gasteiger partial charge in [0.1, 0.15) is 18.0 Å². The Balaban J connectivity index is 1.67. The topological polar surface area (TPSA) is 49.8 Å². The monoisotopic (exact) mass is 354 g/mol. The van der Waals surface area contributed by atoms with Crippen molar-refractivity contribution >= 4 is 33.3 Å². The van der Waals surface area contributed by atoms with Gasteiger partial charge in [-0.2, -0.15) is 0 Å². The van der Waals surface area contributed by atoms with Crippen LogP contribution in [0.2, 0.25) is 0 Å². The molecule has 0 bridgehead atoms. The molecular weight excluding hydrogens is 340 g/mol. The summed E-state index contributed by atoms with van der Waals surface area (Å²) in [6, 6.07) is 20.1. The fraction of sp³-hybridized carbons (Fsp3) is 0.0588. The molecule has 0 unspecified atom stereocenters. The minimum absolute atomic E-state index is 0.730. The summed E-state index contributed by atoms with van der Waals surface area (Å²) in [5, 5.41) is 6.56. The van der Waals surface area contributed by atoms with Crippen LogP contribution >= 0.6 is 15.9 Å². The molecule has 22 heavy (non-hydrogen) atoms. The van der Waals surface area contributed by atoms with Crippen LogP contribution in [0.5, 0.6) is 0 Å². The van der Waals surface area contributed by atoms with E-state index in [1.807, 2.05) is 48.5 Å². The molecule has 1 aromatic heterocycles. The molecule has 0 saturated carbocycles. The maximum atomic E-state index is 4.24. The number of aromatic nitrogens is 2. The standard InChI is InChI=1S/C17H15BrN4/c18-14-7-4-8-15(9-14)22-17-10-16(20-12-21-17)19-11-13-5-2-1-3-6-13/h1-10,12H,11H2,(H2,19,20,21,22). The Labute approximate surface area is 137 Å². The number of anilines is 3. The van der Waals surface area contributed by atoms with Gasteiger partial charge in [0.15, 0.2) is 0 Å². The molecule has 3 aromatic rings. The predicted molar refractivity (Wildman–Crippen MR) is 93.2 cm³/mol. The molecule has 0 radical (unpaired) electrons. The Kier molecular flexibility index (Phi) is 4.65. The van der Waals surface area contributed by atoms with Gasteiger partial charge in [0, 0.05) is 22.8 Å². The summed E-state index contributed by atoms with van der Waals surface area (Å²) in [7, 11) is 0. The molecule has 0 amide bonds. The average molecular weight is 355 g/mol. The van der Waals surface area contributed by atoms with E-state index in [1.54, 1.807) is 6.33 Å². The van der Waals surface area contributed by atoms with E-state index in [4.69, 9.17) is 0 Å². The van der Waals surface area contributed by atoms with Crippen molar-refractivity contribution < 1.29 is 0 Å². The second-order valence-corrected chi connectivity index (χ2v) is 5.68. The third-order valence-corrected chi connectivity index (χ3v) is 3.57. The predicted octanol–water partition coefficient (Wildman–Crippen LogP) is 4.59. The fourth-order valence-electron chi connectivity index (χ4n) is 2.02. The average Bonchev–Trinajstić information content (AvgIpc) is 2.54. The Morgan fingerprint density at radius 1 is 0.864 bits per heavy atom. The van der Waals surface area contributed by atoms with E-state index in [9.17, 15) is 0 Å². The molecule has 0 atom stereocenters. The minimum Gasteiger partial charge on any atom is -0.366 e. The first-order valence-corrected chi connectivity index (χ1v) is 7.71. The normalized spacial score (nSPS) is 10.2. The molecule has 4 nitrogen and oxygen atoms in total. The van der Waals surface area contributed by atoms with E-state index >= 15 is 0 Å². The van der Waals surface area contributed by atoms with Gasteiger partial charge in [-0.25, -0.2) is 9.97 Å². The van der Waals surface area contributed by atoms with E-state index in [-0.39, 0.29) is 0 Å². The molecule has 5 heteroatoms. The molecule has 0 aliphatic rings. The first-order valence-electron chi connectivity index (χ1n) is 6.92. The van der Waals surface area contributed by atoms with Crippen molar-refractivity contribution in [3.63, 3.8) is 0 Å². The van der Waals surface area contributed by atoms with Gasteiger partial charge in [-0.3, -0.25) is 0 Å². The van der Waals surface area contributed by atoms with Crippen LogP contribution in [-0.2, 0) is 6.54 Å². The van der Waals surface area contributed by atoms with Crippen molar-refractivity contribution in [3.8, 4) is 0 Å². The molecule has 0 aliphatic heterocycles. The lowest BCUT2D eigenvalue weighted by molar-refractivity contribution is 1.08. The lowest BCUT2D eigenvalue weighted by atomic mass is 10.2. The van der Waals surface area contributed by atoms with Crippen molar-refractivity contribution in [1.82, 2.24) is 9.97 Å². The molecule has 2 N–H and O–H groups in total. The number of benzene rings is 2. The van der Waals surface area contributed by atoms with Crippen LogP contribution in [-0.4, -0.2) is 9.97 Å². The Morgan fingerprint density at radius 3 is 2.50 bits per heavy atom. The van der Waals surface area contributed by atoms with Crippen LogP contribution in [0.25, 0.3) is 0 Å². The van der Waals surface area contributed by atoms with Crippen LogP contribution in [0.1, 0.15) is 5.56 Å². The zero-order chi connectivity index (χ0) is 15.2. The maximum Gasteiger partial charge on any atom is 0.135 e. The van der Waals surface area contributed by atoms with Gasteiger partial charge in [-0.15, -0.1) is 0 Å². The van der Waals surface area contributed by atoms with Crippen LogP contribution in [0.3, 0.4) is 0 Å². The van der Waals surface area contributed by atoms with Crippen molar-refractivity contribution in [3.05, 3.63) is 77.0 Å². The van der Waals surface area contributed by atoms with Crippen LogP contribution in [0.4, 0.5) is 17.3 Å². The second-order valence-electron chi connectivity index (χ2n) is 4.76. The molecule has 0 spiro atoms. The third kappa shape index (κ3) is 4.05. The summed E-state index contributed by atoms with van der Waals surface area (Å²) < 4.78 is 1.02. The van der Waals surface area contributed by atoms with Crippen LogP contribution < -0.4 is 10.6 Å². The van der Waals surface area contributed by atoms with E-state index < -0.39 is 0 Å². The van der Waals surface area contributed by atoms with Gasteiger partial charge in [-0.05, 0) is 23.8 Å². The van der Waals surface area contributed by atoms with Gasteiger partial charge in [0.05, 0.1) is 0 Å². The summed E-state index contributed by atoms with van der Waals surface area (Å²) in [5.74, 6) is 1.54. The highest BCUT2D eigenvalue weighted by molar-refractivity contribution is 9.10. The first-order chi connectivity index (χ1) is 10.8. The smallest absolute Gasteiger partial charge is 0.135 e. The lowest BCUT2D eigenvalue weighted by Gasteiger charge is -2.09. The fourth-order valence-corrected chi connectivity index (χ4v) is 2.42. The van der Waals surface area contributed by atoms with Gasteiger partial charge in [-0.1, -0.05) is 52.3 Å². The van der Waals surface area contributed by atoms with Crippen molar-refractivity contribution in [2.45, 2.75) is 6.54 Å². The Morgan fingerprint density at radius 2 is 1.68 bits per heavy atom. The zero-order valence-corrected chi connectivity index (χ0v) is 13.4. The summed E-state index contributed by atoms with van der Waals surface area (Å²) in [4.78, 5) is 8.48. The number of rotatable bonds is 5. The zero-order valence-electron chi connectivity index (χ0n) is 11.8. The summed E-state index contributed by atoms with van der Waals surface area (Å²) >= 11 is 3.46. The molecule has 3 rings (SSSR count). The molecule has 0 aliphatic carbocycles. The minimum atomic E-state index is 0.730. The number of hydrogen-bond acceptors (Lipinski definition) is 4. The quantitative estimate of drug-likeness (QED) is 0.703. The largest absolute Gasteiger partial charge is 0.366 e. The van der Waals surface area contributed by atoms with E-state index in [0.717, 1.165) is 28.3 Å². The van der Waals surface area contributed by atoms with Gasteiger partial charge in [0.25, 0.3) is 0 Å². The molecular formula is C17H15BrN4. The van der Waals surface area contributed by atoms with Crippen molar-refractivity contribution in [2.24, 2.45) is 0 Å². The van der Waals surface area contributed by atoms with E-state index in [2.05, 4.69) is 48.7 Å². The second kappa shape index (κ2) is 7.04. The van der Waals surface area contributed by atoms with Crippen LogP contribution in [0, 0.1) is 0 Å². The van der Waals surface area contributed by atoms with Crippen molar-refractivity contribution in [1.29, 1.82) is 0 Å². The van der Waals surface area contributed by atoms with Crippen molar-refractivity contribution in [2.75, 3.05) is 10.6 Å². The number of hydrogen-bond donors (Lipinski definition) is 2. The molecule has 1 heterocycles. The molecule has 110 valence electrons. The lowest BCUT2D eigenvalue weighted by Crippen LogP contribution is -2.03. The molecule has 0 fully saturated rings. The van der Waals surface area contributed by atoms with E-state index in [1.165, 1.54) is 5.56 Å². The molecule has 2 aromatic carbocycles. The number of nitrogens with zero attached hydrogens (tertiary/aromatic N) is 2. The Hall–Kier alpha value is -2.40. The number of halogens is 1. The summed E-state index contributed by atoms with van der Waals surface area (Å²) in [6.45, 7) is 0.730. The highest BCUT2D eigenvalue weighted by Gasteiger charge is 2.00.